The zero-order valence-electron chi connectivity index (χ0n) is 8.73. The molecule has 4 heteroatoms. The van der Waals surface area contributed by atoms with Crippen LogP contribution < -0.4 is 11.1 Å². The fourth-order valence-corrected chi connectivity index (χ4v) is 1.62. The largest absolute Gasteiger partial charge is 0.368 e. The molecule has 1 aliphatic rings. The number of hydrogen-bond donors (Lipinski definition) is 2. The number of hydrogen-bond acceptors (Lipinski definition) is 3. The Labute approximate surface area is 88.9 Å². The molecule has 0 aromatic carbocycles. The Balaban J connectivity index is 2.28. The van der Waals surface area contributed by atoms with E-state index in [0.29, 0.717) is 6.04 Å². The highest BCUT2D eigenvalue weighted by Gasteiger charge is 2.38. The van der Waals surface area contributed by atoms with E-state index in [2.05, 4.69) is 10.3 Å². The van der Waals surface area contributed by atoms with E-state index in [9.17, 15) is 4.79 Å². The summed E-state index contributed by atoms with van der Waals surface area (Å²) in [5, 5.41) is 3.28. The Morgan fingerprint density at radius 3 is 2.60 bits per heavy atom. The van der Waals surface area contributed by atoms with Crippen molar-refractivity contribution in [3.8, 4) is 0 Å². The summed E-state index contributed by atoms with van der Waals surface area (Å²) in [4.78, 5) is 15.5. The number of carbonyl (C=O) groups excluding carboxylic acids is 1. The zero-order valence-corrected chi connectivity index (χ0v) is 8.73. The van der Waals surface area contributed by atoms with Gasteiger partial charge in [-0.25, -0.2) is 0 Å². The monoisotopic (exact) mass is 205 g/mol. The Bertz CT molecular complexity index is 361. The summed E-state index contributed by atoms with van der Waals surface area (Å²) < 4.78 is 0. The van der Waals surface area contributed by atoms with Crippen LogP contribution in [0.15, 0.2) is 24.5 Å². The van der Waals surface area contributed by atoms with E-state index in [1.807, 2.05) is 19.1 Å². The number of carbonyl (C=O) groups is 1. The minimum Gasteiger partial charge on any atom is -0.368 e. The number of pyridine rings is 1. The van der Waals surface area contributed by atoms with Gasteiger partial charge in [-0.05, 0) is 37.5 Å². The average molecular weight is 205 g/mol. The molecule has 0 spiro atoms. The van der Waals surface area contributed by atoms with Gasteiger partial charge in [-0.2, -0.15) is 0 Å². The summed E-state index contributed by atoms with van der Waals surface area (Å²) in [6, 6.07) is 4.07. The van der Waals surface area contributed by atoms with Crippen LogP contribution in [0.3, 0.4) is 0 Å². The van der Waals surface area contributed by atoms with E-state index < -0.39 is 5.54 Å². The fourth-order valence-electron chi connectivity index (χ4n) is 1.62. The standard InChI is InChI=1S/C11H15N3O/c1-11(10(12)15,14-9-2-3-9)8-4-6-13-7-5-8/h4-7,9,14H,2-3H2,1H3,(H2,12,15)/t11-/m0/s1. The summed E-state index contributed by atoms with van der Waals surface area (Å²) in [5.74, 6) is -0.347. The molecule has 1 amide bonds. The van der Waals surface area contributed by atoms with Crippen LogP contribution in [-0.2, 0) is 10.3 Å². The summed E-state index contributed by atoms with van der Waals surface area (Å²) in [6.07, 6.45) is 5.58. The fraction of sp³-hybridized carbons (Fsp3) is 0.455. The Morgan fingerprint density at radius 2 is 2.13 bits per heavy atom. The van der Waals surface area contributed by atoms with Gasteiger partial charge in [-0.3, -0.25) is 15.1 Å². The van der Waals surface area contributed by atoms with Crippen LogP contribution >= 0.6 is 0 Å². The zero-order chi connectivity index (χ0) is 10.9. The molecule has 15 heavy (non-hydrogen) atoms. The first kappa shape index (κ1) is 10.1. The molecule has 0 radical (unpaired) electrons. The van der Waals surface area contributed by atoms with Gasteiger partial charge >= 0.3 is 0 Å². The van der Waals surface area contributed by atoms with Crippen molar-refractivity contribution in [2.45, 2.75) is 31.3 Å². The van der Waals surface area contributed by atoms with Crippen LogP contribution in [-0.4, -0.2) is 16.9 Å². The van der Waals surface area contributed by atoms with E-state index in [1.165, 1.54) is 0 Å². The quantitative estimate of drug-likeness (QED) is 0.753. The topological polar surface area (TPSA) is 68.0 Å². The van der Waals surface area contributed by atoms with Crippen LogP contribution in [0, 0.1) is 0 Å². The van der Waals surface area contributed by atoms with Crippen molar-refractivity contribution in [1.29, 1.82) is 0 Å². The van der Waals surface area contributed by atoms with E-state index in [-0.39, 0.29) is 5.91 Å². The lowest BCUT2D eigenvalue weighted by Crippen LogP contribution is -2.51. The highest BCUT2D eigenvalue weighted by molar-refractivity contribution is 5.85. The number of nitrogens with one attached hydrogen (secondary N) is 1. The third-order valence-electron chi connectivity index (χ3n) is 2.82. The van der Waals surface area contributed by atoms with Gasteiger partial charge in [0.2, 0.25) is 5.91 Å². The number of nitrogens with zero attached hydrogens (tertiary/aromatic N) is 1. The predicted molar refractivity (Wildman–Crippen MR) is 56.9 cm³/mol. The first-order valence-electron chi connectivity index (χ1n) is 5.11. The molecule has 0 aliphatic heterocycles. The Hall–Kier alpha value is -1.42. The van der Waals surface area contributed by atoms with Gasteiger partial charge in [0.1, 0.15) is 5.54 Å². The Kier molecular flexibility index (Phi) is 2.44. The van der Waals surface area contributed by atoms with Crippen LogP contribution in [0.1, 0.15) is 25.3 Å². The second-order valence-electron chi connectivity index (χ2n) is 4.14. The van der Waals surface area contributed by atoms with E-state index in [4.69, 9.17) is 5.73 Å². The number of aromatic nitrogens is 1. The summed E-state index contributed by atoms with van der Waals surface area (Å²) in [7, 11) is 0. The lowest BCUT2D eigenvalue weighted by Gasteiger charge is -2.27. The smallest absolute Gasteiger partial charge is 0.242 e. The molecule has 80 valence electrons. The highest BCUT2D eigenvalue weighted by atomic mass is 16.1. The Morgan fingerprint density at radius 1 is 1.53 bits per heavy atom. The molecule has 1 aliphatic carbocycles. The number of primary amides is 1. The van der Waals surface area contributed by atoms with Crippen molar-refractivity contribution in [2.24, 2.45) is 5.73 Å². The number of nitrogens with two attached hydrogens (primary N) is 1. The molecule has 1 fully saturated rings. The van der Waals surface area contributed by atoms with Gasteiger partial charge in [0.15, 0.2) is 0 Å². The van der Waals surface area contributed by atoms with Crippen LogP contribution in [0.25, 0.3) is 0 Å². The maximum absolute atomic E-state index is 11.5. The highest BCUT2D eigenvalue weighted by Crippen LogP contribution is 2.27. The molecule has 2 rings (SSSR count). The van der Waals surface area contributed by atoms with Gasteiger partial charge in [0.25, 0.3) is 0 Å². The van der Waals surface area contributed by atoms with Crippen molar-refractivity contribution in [2.75, 3.05) is 0 Å². The lowest BCUT2D eigenvalue weighted by molar-refractivity contribution is -0.124. The van der Waals surface area contributed by atoms with Gasteiger partial charge < -0.3 is 5.73 Å². The van der Waals surface area contributed by atoms with Crippen molar-refractivity contribution in [3.63, 3.8) is 0 Å². The molecule has 0 saturated heterocycles. The van der Waals surface area contributed by atoms with Crippen molar-refractivity contribution >= 4 is 5.91 Å². The third kappa shape index (κ3) is 1.99. The molecular weight excluding hydrogens is 190 g/mol. The maximum atomic E-state index is 11.5. The molecular formula is C11H15N3O. The first-order chi connectivity index (χ1) is 7.13. The predicted octanol–water partition coefficient (Wildman–Crippen LogP) is 0.534. The third-order valence-corrected chi connectivity index (χ3v) is 2.82. The normalized spacial score (nSPS) is 19.5. The summed E-state index contributed by atoms with van der Waals surface area (Å²) in [6.45, 7) is 1.82. The second-order valence-corrected chi connectivity index (χ2v) is 4.14. The molecule has 1 saturated carbocycles. The van der Waals surface area contributed by atoms with E-state index in [0.717, 1.165) is 18.4 Å². The minimum atomic E-state index is -0.774. The van der Waals surface area contributed by atoms with Gasteiger partial charge in [-0.15, -0.1) is 0 Å². The summed E-state index contributed by atoms with van der Waals surface area (Å²) >= 11 is 0. The molecule has 0 bridgehead atoms. The van der Waals surface area contributed by atoms with Crippen LogP contribution in [0.4, 0.5) is 0 Å². The van der Waals surface area contributed by atoms with Crippen LogP contribution in [0.2, 0.25) is 0 Å². The van der Waals surface area contributed by atoms with E-state index >= 15 is 0 Å². The maximum Gasteiger partial charge on any atom is 0.242 e. The number of rotatable bonds is 4. The van der Waals surface area contributed by atoms with Gasteiger partial charge in [-0.1, -0.05) is 0 Å². The molecule has 1 atom stereocenters. The average Bonchev–Trinajstić information content (AvgIpc) is 3.02. The second kappa shape index (κ2) is 3.62. The van der Waals surface area contributed by atoms with Crippen LogP contribution in [0.5, 0.6) is 0 Å². The van der Waals surface area contributed by atoms with E-state index in [1.54, 1.807) is 12.4 Å². The molecule has 1 aromatic rings. The molecule has 0 unspecified atom stereocenters. The van der Waals surface area contributed by atoms with Gasteiger partial charge in [0.05, 0.1) is 0 Å². The SMILES string of the molecule is C[C@@](NC1CC1)(C(N)=O)c1ccncc1. The van der Waals surface area contributed by atoms with Crippen molar-refractivity contribution in [1.82, 2.24) is 10.3 Å². The van der Waals surface area contributed by atoms with Crippen molar-refractivity contribution < 1.29 is 4.79 Å². The first-order valence-corrected chi connectivity index (χ1v) is 5.11. The minimum absolute atomic E-state index is 0.347. The molecule has 1 heterocycles. The molecule has 3 N–H and O–H groups in total. The molecule has 1 aromatic heterocycles. The molecule has 4 nitrogen and oxygen atoms in total. The lowest BCUT2D eigenvalue weighted by atomic mass is 9.92. The van der Waals surface area contributed by atoms with Crippen molar-refractivity contribution in [3.05, 3.63) is 30.1 Å². The number of amides is 1. The summed E-state index contributed by atoms with van der Waals surface area (Å²) in [5.41, 5.74) is 5.56. The van der Waals surface area contributed by atoms with Gasteiger partial charge in [0, 0.05) is 18.4 Å².